The van der Waals surface area contributed by atoms with Gasteiger partial charge in [-0.25, -0.2) is 0 Å². The smallest absolute Gasteiger partial charge is 0.276 e. The molecule has 0 radical (unpaired) electrons. The van der Waals surface area contributed by atoms with Crippen LogP contribution in [0.5, 0.6) is 0 Å². The topological polar surface area (TPSA) is 96.0 Å². The fourth-order valence-electron chi connectivity index (χ4n) is 2.00. The summed E-state index contributed by atoms with van der Waals surface area (Å²) < 4.78 is 0. The number of carbonyl (C=O) groups excluding carboxylic acids is 1. The van der Waals surface area contributed by atoms with Crippen molar-refractivity contribution >= 4 is 35.0 Å². The molecule has 0 saturated carbocycles. The fraction of sp³-hybridized carbons (Fsp3) is 0.0588. The number of para-hydroxylation sites is 1. The Hall–Kier alpha value is -3.17. The summed E-state index contributed by atoms with van der Waals surface area (Å²) in [6.07, 6.45) is 1.19. The maximum Gasteiger partial charge on any atom is 0.276 e. The Morgan fingerprint density at radius 3 is 2.71 bits per heavy atom. The molecule has 0 spiro atoms. The zero-order valence-corrected chi connectivity index (χ0v) is 13.4. The highest BCUT2D eigenvalue weighted by Crippen LogP contribution is 2.23. The second-order valence-electron chi connectivity index (χ2n) is 4.90. The van der Waals surface area contributed by atoms with Crippen LogP contribution in [-0.2, 0) is 4.79 Å². The first-order valence-corrected chi connectivity index (χ1v) is 7.23. The number of anilines is 1. The number of nitro groups is 1. The van der Waals surface area contributed by atoms with E-state index in [0.29, 0.717) is 10.7 Å². The van der Waals surface area contributed by atoms with Crippen LogP contribution in [0.4, 0.5) is 11.4 Å². The van der Waals surface area contributed by atoms with E-state index < -0.39 is 10.8 Å². The van der Waals surface area contributed by atoms with Gasteiger partial charge in [0.25, 0.3) is 11.6 Å². The standard InChI is InChI=1S/C17H12ClN3O3/c1-11-6-7-14(18)9-15(11)20-17(22)13(10-19)8-12-4-2-3-5-16(12)21(23)24/h2-9H,1H3,(H,20,22)/b13-8+. The summed E-state index contributed by atoms with van der Waals surface area (Å²) in [5.74, 6) is -0.666. The van der Waals surface area contributed by atoms with E-state index in [9.17, 15) is 20.2 Å². The predicted molar refractivity (Wildman–Crippen MR) is 91.5 cm³/mol. The molecule has 0 saturated heterocycles. The van der Waals surface area contributed by atoms with E-state index in [4.69, 9.17) is 11.6 Å². The van der Waals surface area contributed by atoms with E-state index in [1.165, 1.54) is 24.3 Å². The third kappa shape index (κ3) is 3.97. The number of nitriles is 1. The van der Waals surface area contributed by atoms with Gasteiger partial charge in [0.1, 0.15) is 11.6 Å². The van der Waals surface area contributed by atoms with Gasteiger partial charge in [-0.05, 0) is 36.8 Å². The highest BCUT2D eigenvalue weighted by Gasteiger charge is 2.15. The van der Waals surface area contributed by atoms with Crippen molar-refractivity contribution in [3.05, 3.63) is 74.3 Å². The molecule has 0 aliphatic carbocycles. The molecule has 0 atom stereocenters. The molecule has 0 fully saturated rings. The quantitative estimate of drug-likeness (QED) is 0.392. The van der Waals surface area contributed by atoms with Crippen LogP contribution in [0.15, 0.2) is 48.0 Å². The first kappa shape index (κ1) is 17.2. The number of nitrogens with zero attached hydrogens (tertiary/aromatic N) is 2. The number of hydrogen-bond acceptors (Lipinski definition) is 4. The minimum absolute atomic E-state index is 0.178. The monoisotopic (exact) mass is 341 g/mol. The molecule has 1 amide bonds. The average Bonchev–Trinajstić information content (AvgIpc) is 2.56. The summed E-state index contributed by atoms with van der Waals surface area (Å²) in [4.78, 5) is 22.7. The molecule has 2 aromatic carbocycles. The molecular formula is C17H12ClN3O3. The molecule has 2 aromatic rings. The minimum atomic E-state index is -0.666. The van der Waals surface area contributed by atoms with E-state index in [1.807, 2.05) is 0 Å². The molecule has 0 aliphatic heterocycles. The van der Waals surface area contributed by atoms with E-state index in [2.05, 4.69) is 5.32 Å². The van der Waals surface area contributed by atoms with Crippen LogP contribution in [0.3, 0.4) is 0 Å². The Morgan fingerprint density at radius 2 is 2.04 bits per heavy atom. The van der Waals surface area contributed by atoms with Gasteiger partial charge in [0.15, 0.2) is 0 Å². The maximum atomic E-state index is 12.3. The Kier molecular flexibility index (Phi) is 5.30. The van der Waals surface area contributed by atoms with Crippen LogP contribution < -0.4 is 5.32 Å². The zero-order valence-electron chi connectivity index (χ0n) is 12.6. The summed E-state index contributed by atoms with van der Waals surface area (Å²) in [7, 11) is 0. The van der Waals surface area contributed by atoms with Gasteiger partial charge < -0.3 is 5.32 Å². The Labute approximate surface area is 143 Å². The SMILES string of the molecule is Cc1ccc(Cl)cc1NC(=O)/C(C#N)=C/c1ccccc1[N+](=O)[O-]. The number of rotatable bonds is 4. The fourth-order valence-corrected chi connectivity index (χ4v) is 2.17. The molecule has 120 valence electrons. The van der Waals surface area contributed by atoms with E-state index >= 15 is 0 Å². The number of aryl methyl sites for hydroxylation is 1. The lowest BCUT2D eigenvalue weighted by molar-refractivity contribution is -0.385. The van der Waals surface area contributed by atoms with Gasteiger partial charge in [-0.1, -0.05) is 29.8 Å². The van der Waals surface area contributed by atoms with Crippen LogP contribution >= 0.6 is 11.6 Å². The van der Waals surface area contributed by atoms with Crippen molar-refractivity contribution in [3.63, 3.8) is 0 Å². The van der Waals surface area contributed by atoms with Gasteiger partial charge in [0, 0.05) is 16.8 Å². The molecule has 6 nitrogen and oxygen atoms in total. The first-order valence-electron chi connectivity index (χ1n) is 6.85. The Morgan fingerprint density at radius 1 is 1.33 bits per heavy atom. The molecule has 0 aromatic heterocycles. The van der Waals surface area contributed by atoms with Crippen molar-refractivity contribution in [2.24, 2.45) is 0 Å². The van der Waals surface area contributed by atoms with Gasteiger partial charge in [0.2, 0.25) is 0 Å². The lowest BCUT2D eigenvalue weighted by Gasteiger charge is -2.08. The van der Waals surface area contributed by atoms with Crippen LogP contribution in [0.1, 0.15) is 11.1 Å². The summed E-state index contributed by atoms with van der Waals surface area (Å²) in [6, 6.07) is 12.6. The predicted octanol–water partition coefficient (Wildman–Crippen LogP) is 4.10. The molecule has 2 rings (SSSR count). The second-order valence-corrected chi connectivity index (χ2v) is 5.34. The van der Waals surface area contributed by atoms with Crippen molar-refractivity contribution < 1.29 is 9.72 Å². The van der Waals surface area contributed by atoms with E-state index in [0.717, 1.165) is 5.56 Å². The molecule has 24 heavy (non-hydrogen) atoms. The summed E-state index contributed by atoms with van der Waals surface area (Å²) in [5.41, 5.74) is 0.990. The summed E-state index contributed by atoms with van der Waals surface area (Å²) in [5, 5.41) is 23.3. The molecule has 0 heterocycles. The number of halogens is 1. The normalized spacial score (nSPS) is 10.8. The van der Waals surface area contributed by atoms with Crippen molar-refractivity contribution in [2.75, 3.05) is 5.32 Å². The van der Waals surface area contributed by atoms with Crippen molar-refractivity contribution in [3.8, 4) is 6.07 Å². The molecule has 0 aliphatic rings. The molecule has 1 N–H and O–H groups in total. The number of benzene rings is 2. The van der Waals surface area contributed by atoms with Crippen LogP contribution in [0, 0.1) is 28.4 Å². The number of carbonyl (C=O) groups is 1. The van der Waals surface area contributed by atoms with Crippen LogP contribution in [0.2, 0.25) is 5.02 Å². The van der Waals surface area contributed by atoms with Gasteiger partial charge in [-0.2, -0.15) is 5.26 Å². The maximum absolute atomic E-state index is 12.3. The lowest BCUT2D eigenvalue weighted by Crippen LogP contribution is -2.14. The van der Waals surface area contributed by atoms with Crippen molar-refractivity contribution in [2.45, 2.75) is 6.92 Å². The van der Waals surface area contributed by atoms with Crippen molar-refractivity contribution in [1.29, 1.82) is 5.26 Å². The summed E-state index contributed by atoms with van der Waals surface area (Å²) >= 11 is 5.89. The van der Waals surface area contributed by atoms with Crippen molar-refractivity contribution in [1.82, 2.24) is 0 Å². The van der Waals surface area contributed by atoms with Gasteiger partial charge in [-0.3, -0.25) is 14.9 Å². The molecule has 0 bridgehead atoms. The minimum Gasteiger partial charge on any atom is -0.321 e. The Balaban J connectivity index is 2.35. The van der Waals surface area contributed by atoms with E-state index in [-0.39, 0.29) is 16.8 Å². The number of nitro benzene ring substituents is 1. The number of nitrogens with one attached hydrogen (secondary N) is 1. The average molecular weight is 342 g/mol. The third-order valence-corrected chi connectivity index (χ3v) is 3.48. The van der Waals surface area contributed by atoms with E-state index in [1.54, 1.807) is 37.3 Å². The zero-order chi connectivity index (χ0) is 17.7. The third-order valence-electron chi connectivity index (χ3n) is 3.25. The first-order chi connectivity index (χ1) is 11.4. The largest absolute Gasteiger partial charge is 0.321 e. The highest BCUT2D eigenvalue weighted by molar-refractivity contribution is 6.31. The van der Waals surface area contributed by atoms with Crippen LogP contribution in [0.25, 0.3) is 6.08 Å². The van der Waals surface area contributed by atoms with Gasteiger partial charge in [-0.15, -0.1) is 0 Å². The molecule has 7 heteroatoms. The molecular weight excluding hydrogens is 330 g/mol. The second kappa shape index (κ2) is 7.40. The van der Waals surface area contributed by atoms with Gasteiger partial charge >= 0.3 is 0 Å². The summed E-state index contributed by atoms with van der Waals surface area (Å²) in [6.45, 7) is 1.78. The van der Waals surface area contributed by atoms with Crippen LogP contribution in [-0.4, -0.2) is 10.8 Å². The number of amides is 1. The lowest BCUT2D eigenvalue weighted by atomic mass is 10.1. The Bertz CT molecular complexity index is 885. The van der Waals surface area contributed by atoms with Gasteiger partial charge in [0.05, 0.1) is 10.5 Å². The highest BCUT2D eigenvalue weighted by atomic mass is 35.5. The molecule has 0 unspecified atom stereocenters. The number of hydrogen-bond donors (Lipinski definition) is 1.